The zero-order valence-electron chi connectivity index (χ0n) is 31.0. The average molecular weight is 689 g/mol. The molecule has 272 valence electrons. The van der Waals surface area contributed by atoms with Crippen molar-refractivity contribution in [1.82, 2.24) is 30.2 Å². The van der Waals surface area contributed by atoms with Gasteiger partial charge in [-0.3, -0.25) is 9.59 Å². The van der Waals surface area contributed by atoms with E-state index in [0.717, 1.165) is 82.1 Å². The van der Waals surface area contributed by atoms with Crippen LogP contribution < -0.4 is 20.1 Å². The van der Waals surface area contributed by atoms with Crippen LogP contribution in [0.5, 0.6) is 11.5 Å². The molecule has 2 N–H and O–H groups in total. The lowest BCUT2D eigenvalue weighted by atomic mass is 9.84. The lowest BCUT2D eigenvalue weighted by molar-refractivity contribution is -0.110. The van der Waals surface area contributed by atoms with Crippen molar-refractivity contribution < 1.29 is 23.9 Å². The van der Waals surface area contributed by atoms with Crippen molar-refractivity contribution in [3.05, 3.63) is 59.3 Å². The van der Waals surface area contributed by atoms with Crippen LogP contribution in [-0.4, -0.2) is 105 Å². The van der Waals surface area contributed by atoms with Gasteiger partial charge in [0, 0.05) is 19.2 Å². The first-order chi connectivity index (χ1) is 24.1. The fraction of sp³-hybridized carbons (Fsp3) is 0.538. The third-order valence-corrected chi connectivity index (χ3v) is 9.70. The number of hydrogen-bond donors (Lipinski definition) is 2. The summed E-state index contributed by atoms with van der Waals surface area (Å²) in [6, 6.07) is 12.3. The largest absolute Gasteiger partial charge is 0.496 e. The van der Waals surface area contributed by atoms with E-state index in [1.165, 1.54) is 0 Å². The van der Waals surface area contributed by atoms with Gasteiger partial charge in [0.2, 0.25) is 0 Å². The number of aromatic nitrogens is 2. The monoisotopic (exact) mass is 688 g/mol. The standard InChI is InChI=1S/C39H56N6O5/c1-27(2)30-24-29(39(48)44(5)23-13-22-43(4)21-12-20-40-3)18-19-33(30)45-34(37-35(49-6)16-11-17-36(37)50-7)25-31(42-45)38(47)41-32(26-46)28-14-9-8-10-15-28/h11,16-19,24-28,32,40H,8-10,12-15,20-23H2,1-7H3,(H,41,47). The average Bonchev–Trinajstić information content (AvgIpc) is 3.58. The summed E-state index contributed by atoms with van der Waals surface area (Å²) in [7, 11) is 9.09. The van der Waals surface area contributed by atoms with Crippen molar-refractivity contribution >= 4 is 18.1 Å². The summed E-state index contributed by atoms with van der Waals surface area (Å²) in [5, 5.41) is 11.0. The Hall–Kier alpha value is -4.22. The molecule has 1 aliphatic rings. The van der Waals surface area contributed by atoms with Gasteiger partial charge in [-0.25, -0.2) is 4.68 Å². The molecule has 3 aromatic rings. The summed E-state index contributed by atoms with van der Waals surface area (Å²) < 4.78 is 13.3. The normalized spacial score (nSPS) is 14.1. The van der Waals surface area contributed by atoms with E-state index in [1.807, 2.05) is 50.5 Å². The topological polar surface area (TPSA) is 118 Å². The minimum absolute atomic E-state index is 0.0222. The molecule has 2 aromatic carbocycles. The van der Waals surface area contributed by atoms with E-state index in [4.69, 9.17) is 14.6 Å². The van der Waals surface area contributed by atoms with E-state index in [-0.39, 0.29) is 23.4 Å². The van der Waals surface area contributed by atoms with Gasteiger partial charge < -0.3 is 34.7 Å². The summed E-state index contributed by atoms with van der Waals surface area (Å²) in [5.41, 5.74) is 3.59. The van der Waals surface area contributed by atoms with Gasteiger partial charge in [0.15, 0.2) is 5.69 Å². The van der Waals surface area contributed by atoms with Crippen LogP contribution in [0, 0.1) is 5.92 Å². The highest BCUT2D eigenvalue weighted by molar-refractivity contribution is 5.96. The number of rotatable bonds is 18. The van der Waals surface area contributed by atoms with Crippen LogP contribution in [0.1, 0.15) is 91.1 Å². The minimum Gasteiger partial charge on any atom is -0.496 e. The van der Waals surface area contributed by atoms with E-state index in [1.54, 1.807) is 29.9 Å². The molecule has 11 nitrogen and oxygen atoms in total. The summed E-state index contributed by atoms with van der Waals surface area (Å²) >= 11 is 0. The number of carbonyl (C=O) groups is 3. The van der Waals surface area contributed by atoms with Crippen molar-refractivity contribution in [2.45, 2.75) is 70.8 Å². The fourth-order valence-electron chi connectivity index (χ4n) is 6.82. The van der Waals surface area contributed by atoms with Crippen molar-refractivity contribution in [2.24, 2.45) is 5.92 Å². The van der Waals surface area contributed by atoms with Crippen LogP contribution in [0.2, 0.25) is 0 Å². The number of nitrogens with zero attached hydrogens (tertiary/aromatic N) is 4. The number of methoxy groups -OCH3 is 2. The van der Waals surface area contributed by atoms with Gasteiger partial charge in [-0.05, 0) is 113 Å². The predicted octanol–water partition coefficient (Wildman–Crippen LogP) is 5.56. The Morgan fingerprint density at radius 1 is 0.980 bits per heavy atom. The lowest BCUT2D eigenvalue weighted by Crippen LogP contribution is -2.42. The van der Waals surface area contributed by atoms with E-state index in [0.29, 0.717) is 34.9 Å². The molecule has 11 heteroatoms. The zero-order chi connectivity index (χ0) is 36.2. The van der Waals surface area contributed by atoms with Gasteiger partial charge in [0.25, 0.3) is 11.8 Å². The molecule has 1 heterocycles. The van der Waals surface area contributed by atoms with Crippen molar-refractivity contribution in [3.63, 3.8) is 0 Å². The van der Waals surface area contributed by atoms with Gasteiger partial charge in [-0.1, -0.05) is 39.2 Å². The van der Waals surface area contributed by atoms with Crippen molar-refractivity contribution in [2.75, 3.05) is 61.5 Å². The number of nitrogens with one attached hydrogen (secondary N) is 2. The van der Waals surface area contributed by atoms with E-state index >= 15 is 0 Å². The molecule has 1 fully saturated rings. The Labute approximate surface area is 297 Å². The predicted molar refractivity (Wildman–Crippen MR) is 198 cm³/mol. The molecule has 1 unspecified atom stereocenters. The quantitative estimate of drug-likeness (QED) is 0.132. The maximum Gasteiger partial charge on any atom is 0.272 e. The third kappa shape index (κ3) is 9.51. The van der Waals surface area contributed by atoms with E-state index < -0.39 is 11.9 Å². The first kappa shape index (κ1) is 38.6. The first-order valence-electron chi connectivity index (χ1n) is 17.9. The van der Waals surface area contributed by atoms with Gasteiger partial charge in [0.05, 0.1) is 37.2 Å². The zero-order valence-corrected chi connectivity index (χ0v) is 31.0. The summed E-state index contributed by atoms with van der Waals surface area (Å²) in [4.78, 5) is 43.6. The molecular formula is C39H56N6O5. The van der Waals surface area contributed by atoms with E-state index in [9.17, 15) is 14.4 Å². The Morgan fingerprint density at radius 3 is 2.28 bits per heavy atom. The van der Waals surface area contributed by atoms with Crippen LogP contribution in [0.15, 0.2) is 42.5 Å². The smallest absolute Gasteiger partial charge is 0.272 e. The molecule has 1 saturated carbocycles. The van der Waals surface area contributed by atoms with E-state index in [2.05, 4.69) is 36.4 Å². The molecule has 1 aliphatic carbocycles. The molecule has 0 saturated heterocycles. The molecule has 0 aliphatic heterocycles. The number of benzene rings is 2. The van der Waals surface area contributed by atoms with Gasteiger partial charge in [-0.15, -0.1) is 0 Å². The maximum absolute atomic E-state index is 13.8. The molecule has 1 aromatic heterocycles. The van der Waals surface area contributed by atoms with Crippen LogP contribution in [0.3, 0.4) is 0 Å². The highest BCUT2D eigenvalue weighted by Gasteiger charge is 2.29. The maximum atomic E-state index is 13.8. The van der Waals surface area contributed by atoms with Gasteiger partial charge in [-0.2, -0.15) is 5.10 Å². The fourth-order valence-corrected chi connectivity index (χ4v) is 6.82. The molecule has 4 rings (SSSR count). The Bertz CT molecular complexity index is 1560. The molecule has 0 bridgehead atoms. The lowest BCUT2D eigenvalue weighted by Gasteiger charge is -2.26. The number of hydrogen-bond acceptors (Lipinski definition) is 8. The summed E-state index contributed by atoms with van der Waals surface area (Å²) in [6.07, 6.45) is 7.89. The second-order valence-electron chi connectivity index (χ2n) is 13.7. The highest BCUT2D eigenvalue weighted by atomic mass is 16.5. The molecule has 0 spiro atoms. The third-order valence-electron chi connectivity index (χ3n) is 9.70. The van der Waals surface area contributed by atoms with Crippen molar-refractivity contribution in [1.29, 1.82) is 0 Å². The summed E-state index contributed by atoms with van der Waals surface area (Å²) in [5.74, 6) is 0.769. The number of carbonyl (C=O) groups excluding carboxylic acids is 3. The Kier molecular flexibility index (Phi) is 14.4. The highest BCUT2D eigenvalue weighted by Crippen LogP contribution is 2.40. The second kappa shape index (κ2) is 18.7. The van der Waals surface area contributed by atoms with Crippen LogP contribution in [0.25, 0.3) is 16.9 Å². The number of aldehydes is 1. The summed E-state index contributed by atoms with van der Waals surface area (Å²) in [6.45, 7) is 7.69. The van der Waals surface area contributed by atoms with Crippen LogP contribution in [0.4, 0.5) is 0 Å². The number of ether oxygens (including phenoxy) is 2. The van der Waals surface area contributed by atoms with Crippen molar-refractivity contribution in [3.8, 4) is 28.4 Å². The van der Waals surface area contributed by atoms with Gasteiger partial charge >= 0.3 is 0 Å². The Morgan fingerprint density at radius 2 is 1.66 bits per heavy atom. The van der Waals surface area contributed by atoms with Crippen LogP contribution in [-0.2, 0) is 4.79 Å². The SMILES string of the molecule is CNCCCN(C)CCCN(C)C(=O)c1ccc(-n2nc(C(=O)NC(C=O)C3CCCCC3)cc2-c2c(OC)cccc2OC)c(C(C)C)c1. The Balaban J connectivity index is 1.69. The molecular weight excluding hydrogens is 632 g/mol. The van der Waals surface area contributed by atoms with Gasteiger partial charge in [0.1, 0.15) is 17.8 Å². The molecule has 0 radical (unpaired) electrons. The number of amides is 2. The molecule has 50 heavy (non-hydrogen) atoms. The molecule has 1 atom stereocenters. The minimum atomic E-state index is -0.579. The van der Waals surface area contributed by atoms with Crippen LogP contribution >= 0.6 is 0 Å². The first-order valence-corrected chi connectivity index (χ1v) is 17.9. The second-order valence-corrected chi connectivity index (χ2v) is 13.7. The molecule has 2 amide bonds.